The molecule has 0 N–H and O–H groups in total. The van der Waals surface area contributed by atoms with Gasteiger partial charge in [0.25, 0.3) is 0 Å². The topological polar surface area (TPSA) is 25.4 Å². The Labute approximate surface area is 147 Å². The molecule has 25 heavy (non-hydrogen) atoms. The number of ether oxygens (including phenoxy) is 1. The van der Waals surface area contributed by atoms with E-state index in [-0.39, 0.29) is 11.7 Å². The zero-order valence-corrected chi connectivity index (χ0v) is 14.3. The second kappa shape index (κ2) is 6.81. The largest absolute Gasteiger partial charge is 0.494 e. The van der Waals surface area contributed by atoms with Crippen LogP contribution in [0.1, 0.15) is 23.6 Å². The number of hydrogen-bond donors (Lipinski definition) is 0. The lowest BCUT2D eigenvalue weighted by molar-refractivity contribution is 0.322. The molecule has 0 saturated carbocycles. The van der Waals surface area contributed by atoms with Gasteiger partial charge in [-0.1, -0.05) is 36.4 Å². The summed E-state index contributed by atoms with van der Waals surface area (Å²) in [4.78, 5) is 7.13. The zero-order valence-electron chi connectivity index (χ0n) is 14.3. The Morgan fingerprint density at radius 1 is 1.12 bits per heavy atom. The van der Waals surface area contributed by atoms with E-state index in [1.807, 2.05) is 30.3 Å². The van der Waals surface area contributed by atoms with Gasteiger partial charge in [0.2, 0.25) is 0 Å². The van der Waals surface area contributed by atoms with Gasteiger partial charge >= 0.3 is 0 Å². The van der Waals surface area contributed by atoms with Gasteiger partial charge < -0.3 is 4.74 Å². The standard InChI is InChI=1S/C21H21FN2O/c1-25-20-8-4-5-15-9-10-17(23-21(15)20)14-24-12-11-16(13-24)18-6-2-3-7-19(18)22/h2-10,16H,11-14H2,1H3/t16-/m0/s1. The van der Waals surface area contributed by atoms with Gasteiger partial charge in [-0.15, -0.1) is 0 Å². The summed E-state index contributed by atoms with van der Waals surface area (Å²) in [6.07, 6.45) is 0.984. The predicted octanol–water partition coefficient (Wildman–Crippen LogP) is 4.37. The van der Waals surface area contributed by atoms with Crippen molar-refractivity contribution in [2.24, 2.45) is 0 Å². The second-order valence-electron chi connectivity index (χ2n) is 6.58. The maximum atomic E-state index is 14.0. The Bertz CT molecular complexity index is 896. The molecule has 4 heteroatoms. The van der Waals surface area contributed by atoms with Crippen molar-refractivity contribution >= 4 is 10.9 Å². The van der Waals surface area contributed by atoms with Crippen LogP contribution in [0.5, 0.6) is 5.75 Å². The monoisotopic (exact) mass is 336 g/mol. The van der Waals surface area contributed by atoms with E-state index in [0.717, 1.165) is 54.0 Å². The van der Waals surface area contributed by atoms with Crippen molar-refractivity contribution < 1.29 is 9.13 Å². The van der Waals surface area contributed by atoms with Gasteiger partial charge in [-0.3, -0.25) is 4.90 Å². The molecule has 3 aromatic rings. The Hall–Kier alpha value is -2.46. The fraction of sp³-hybridized carbons (Fsp3) is 0.286. The van der Waals surface area contributed by atoms with Crippen LogP contribution in [0, 0.1) is 5.82 Å². The molecule has 0 amide bonds. The lowest BCUT2D eigenvalue weighted by Gasteiger charge is -2.16. The van der Waals surface area contributed by atoms with Gasteiger partial charge in [0.15, 0.2) is 0 Å². The smallest absolute Gasteiger partial charge is 0.145 e. The van der Waals surface area contributed by atoms with E-state index >= 15 is 0 Å². The Morgan fingerprint density at radius 3 is 2.84 bits per heavy atom. The number of pyridine rings is 1. The first kappa shape index (κ1) is 16.0. The highest BCUT2D eigenvalue weighted by Gasteiger charge is 2.26. The number of para-hydroxylation sites is 1. The quantitative estimate of drug-likeness (QED) is 0.707. The molecule has 128 valence electrons. The number of halogens is 1. The third kappa shape index (κ3) is 3.22. The highest BCUT2D eigenvalue weighted by atomic mass is 19.1. The number of likely N-dealkylation sites (tertiary alicyclic amines) is 1. The summed E-state index contributed by atoms with van der Waals surface area (Å²) in [6, 6.07) is 17.2. The average molecular weight is 336 g/mol. The summed E-state index contributed by atoms with van der Waals surface area (Å²) < 4.78 is 19.4. The number of methoxy groups -OCH3 is 1. The van der Waals surface area contributed by atoms with Crippen molar-refractivity contribution in [3.05, 3.63) is 71.7 Å². The summed E-state index contributed by atoms with van der Waals surface area (Å²) in [6.45, 7) is 2.61. The van der Waals surface area contributed by atoms with Crippen LogP contribution in [-0.4, -0.2) is 30.1 Å². The van der Waals surface area contributed by atoms with Crippen molar-refractivity contribution in [1.29, 1.82) is 0 Å². The van der Waals surface area contributed by atoms with E-state index in [9.17, 15) is 4.39 Å². The average Bonchev–Trinajstić information content (AvgIpc) is 3.09. The van der Waals surface area contributed by atoms with Gasteiger partial charge in [-0.05, 0) is 36.7 Å². The van der Waals surface area contributed by atoms with Crippen LogP contribution >= 0.6 is 0 Å². The molecule has 1 aliphatic rings. The van der Waals surface area contributed by atoms with E-state index in [4.69, 9.17) is 9.72 Å². The third-order valence-corrected chi connectivity index (χ3v) is 4.96. The maximum absolute atomic E-state index is 14.0. The summed E-state index contributed by atoms with van der Waals surface area (Å²) in [5.74, 6) is 0.962. The molecular formula is C21H21FN2O. The van der Waals surface area contributed by atoms with Gasteiger partial charge in [-0.25, -0.2) is 9.37 Å². The molecular weight excluding hydrogens is 315 g/mol. The highest BCUT2D eigenvalue weighted by molar-refractivity contribution is 5.84. The molecule has 0 spiro atoms. The van der Waals surface area contributed by atoms with Gasteiger partial charge in [0.05, 0.1) is 12.8 Å². The van der Waals surface area contributed by atoms with Crippen LogP contribution in [-0.2, 0) is 6.54 Å². The fourth-order valence-corrected chi connectivity index (χ4v) is 3.68. The van der Waals surface area contributed by atoms with Crippen LogP contribution in [0.3, 0.4) is 0 Å². The second-order valence-corrected chi connectivity index (χ2v) is 6.58. The molecule has 4 rings (SSSR count). The van der Waals surface area contributed by atoms with Crippen LogP contribution in [0.25, 0.3) is 10.9 Å². The van der Waals surface area contributed by atoms with Crippen molar-refractivity contribution in [2.45, 2.75) is 18.9 Å². The normalized spacial score (nSPS) is 17.9. The fourth-order valence-electron chi connectivity index (χ4n) is 3.68. The summed E-state index contributed by atoms with van der Waals surface area (Å²) in [7, 11) is 1.67. The van der Waals surface area contributed by atoms with E-state index < -0.39 is 0 Å². The zero-order chi connectivity index (χ0) is 17.2. The summed E-state index contributed by atoms with van der Waals surface area (Å²) in [5.41, 5.74) is 2.75. The molecule has 1 saturated heterocycles. The lowest BCUT2D eigenvalue weighted by Crippen LogP contribution is -2.20. The molecule has 3 nitrogen and oxygen atoms in total. The Morgan fingerprint density at radius 2 is 2.00 bits per heavy atom. The third-order valence-electron chi connectivity index (χ3n) is 4.96. The van der Waals surface area contributed by atoms with Crippen LogP contribution in [0.15, 0.2) is 54.6 Å². The van der Waals surface area contributed by atoms with Gasteiger partial charge in [0, 0.05) is 24.4 Å². The molecule has 1 atom stereocenters. The molecule has 0 unspecified atom stereocenters. The van der Waals surface area contributed by atoms with E-state index in [0.29, 0.717) is 0 Å². The van der Waals surface area contributed by atoms with Crippen LogP contribution in [0.2, 0.25) is 0 Å². The van der Waals surface area contributed by atoms with Crippen molar-refractivity contribution in [3.8, 4) is 5.75 Å². The van der Waals surface area contributed by atoms with Gasteiger partial charge in [-0.2, -0.15) is 0 Å². The van der Waals surface area contributed by atoms with E-state index in [2.05, 4.69) is 17.0 Å². The maximum Gasteiger partial charge on any atom is 0.145 e. The van der Waals surface area contributed by atoms with Crippen molar-refractivity contribution in [3.63, 3.8) is 0 Å². The Balaban J connectivity index is 1.51. The SMILES string of the molecule is COc1cccc2ccc(CN3CC[C@H](c4ccccc4F)C3)nc12. The number of benzene rings is 2. The van der Waals surface area contributed by atoms with E-state index in [1.165, 1.54) is 0 Å². The summed E-state index contributed by atoms with van der Waals surface area (Å²) >= 11 is 0. The molecule has 0 radical (unpaired) electrons. The minimum Gasteiger partial charge on any atom is -0.494 e. The first-order valence-corrected chi connectivity index (χ1v) is 8.64. The molecule has 0 bridgehead atoms. The van der Waals surface area contributed by atoms with Crippen molar-refractivity contribution in [1.82, 2.24) is 9.88 Å². The van der Waals surface area contributed by atoms with Gasteiger partial charge in [0.1, 0.15) is 17.1 Å². The number of hydrogen-bond acceptors (Lipinski definition) is 3. The minimum atomic E-state index is -0.0945. The summed E-state index contributed by atoms with van der Waals surface area (Å²) in [5, 5.41) is 1.08. The number of rotatable bonds is 4. The first-order chi connectivity index (χ1) is 12.2. The van der Waals surface area contributed by atoms with Crippen molar-refractivity contribution in [2.75, 3.05) is 20.2 Å². The first-order valence-electron chi connectivity index (χ1n) is 8.64. The number of aromatic nitrogens is 1. The molecule has 2 heterocycles. The number of fused-ring (bicyclic) bond motifs is 1. The molecule has 1 aromatic heterocycles. The van der Waals surface area contributed by atoms with E-state index in [1.54, 1.807) is 19.2 Å². The Kier molecular flexibility index (Phi) is 4.36. The minimum absolute atomic E-state index is 0.0945. The molecule has 0 aliphatic carbocycles. The van der Waals surface area contributed by atoms with Crippen LogP contribution < -0.4 is 4.74 Å². The molecule has 1 fully saturated rings. The highest BCUT2D eigenvalue weighted by Crippen LogP contribution is 2.30. The number of nitrogens with zero attached hydrogens (tertiary/aromatic N) is 2. The predicted molar refractivity (Wildman–Crippen MR) is 97.3 cm³/mol. The molecule has 1 aliphatic heterocycles. The molecule has 2 aromatic carbocycles. The van der Waals surface area contributed by atoms with Crippen LogP contribution in [0.4, 0.5) is 4.39 Å². The lowest BCUT2D eigenvalue weighted by atomic mass is 9.98.